The van der Waals surface area contributed by atoms with Gasteiger partial charge in [0.05, 0.1) is 0 Å². The second-order valence-electron chi connectivity index (χ2n) is 4.21. The van der Waals surface area contributed by atoms with E-state index in [2.05, 4.69) is 20.5 Å². The molecule has 0 aliphatic carbocycles. The third-order valence-corrected chi connectivity index (χ3v) is 3.00. The summed E-state index contributed by atoms with van der Waals surface area (Å²) in [6.07, 6.45) is 3.03. The molecule has 21 heavy (non-hydrogen) atoms. The maximum atomic E-state index is 12.2. The SMILES string of the molecule is O=C(Nc1ccc(Cl)cc1)c1cccc(-n2cnnc2)n1. The Morgan fingerprint density at radius 3 is 2.48 bits per heavy atom. The van der Waals surface area contributed by atoms with Crippen molar-refractivity contribution in [3.8, 4) is 5.82 Å². The first-order valence-electron chi connectivity index (χ1n) is 6.11. The number of halogens is 1. The lowest BCUT2D eigenvalue weighted by molar-refractivity contribution is 0.102. The molecule has 0 saturated carbocycles. The van der Waals surface area contributed by atoms with Crippen molar-refractivity contribution in [1.29, 1.82) is 0 Å². The normalized spacial score (nSPS) is 10.3. The molecule has 2 aromatic heterocycles. The Hall–Kier alpha value is -2.73. The van der Waals surface area contributed by atoms with Crippen LogP contribution < -0.4 is 5.32 Å². The summed E-state index contributed by atoms with van der Waals surface area (Å²) >= 11 is 5.80. The highest BCUT2D eigenvalue weighted by Crippen LogP contribution is 2.14. The van der Waals surface area contributed by atoms with Crippen LogP contribution in [0.25, 0.3) is 5.82 Å². The summed E-state index contributed by atoms with van der Waals surface area (Å²) in [5.41, 5.74) is 0.956. The number of pyridine rings is 1. The lowest BCUT2D eigenvalue weighted by atomic mass is 10.3. The van der Waals surface area contributed by atoms with Crippen LogP contribution in [0.4, 0.5) is 5.69 Å². The molecule has 7 heteroatoms. The number of carbonyl (C=O) groups is 1. The average molecular weight is 300 g/mol. The molecule has 0 aliphatic heterocycles. The number of carbonyl (C=O) groups excluding carboxylic acids is 1. The molecule has 0 fully saturated rings. The van der Waals surface area contributed by atoms with Crippen molar-refractivity contribution in [3.05, 3.63) is 65.8 Å². The Kier molecular flexibility index (Phi) is 3.61. The number of benzene rings is 1. The Bertz CT molecular complexity index is 755. The van der Waals surface area contributed by atoms with Gasteiger partial charge in [-0.1, -0.05) is 17.7 Å². The Morgan fingerprint density at radius 2 is 1.76 bits per heavy atom. The summed E-state index contributed by atoms with van der Waals surface area (Å²) in [5, 5.41) is 10.8. The van der Waals surface area contributed by atoms with Crippen LogP contribution in [0.3, 0.4) is 0 Å². The molecule has 104 valence electrons. The number of hydrogen-bond acceptors (Lipinski definition) is 4. The van der Waals surface area contributed by atoms with Crippen molar-refractivity contribution < 1.29 is 4.79 Å². The molecule has 0 unspecified atom stereocenters. The van der Waals surface area contributed by atoms with E-state index < -0.39 is 0 Å². The molecule has 1 aromatic carbocycles. The van der Waals surface area contributed by atoms with E-state index in [1.165, 1.54) is 12.7 Å². The minimum absolute atomic E-state index is 0.299. The largest absolute Gasteiger partial charge is 0.321 e. The number of aromatic nitrogens is 4. The smallest absolute Gasteiger partial charge is 0.274 e. The summed E-state index contributed by atoms with van der Waals surface area (Å²) in [6, 6.07) is 12.0. The molecule has 1 N–H and O–H groups in total. The topological polar surface area (TPSA) is 72.7 Å². The third-order valence-electron chi connectivity index (χ3n) is 2.75. The minimum atomic E-state index is -0.299. The molecular weight excluding hydrogens is 290 g/mol. The van der Waals surface area contributed by atoms with E-state index >= 15 is 0 Å². The zero-order valence-corrected chi connectivity index (χ0v) is 11.5. The standard InChI is InChI=1S/C14H10ClN5O/c15-10-4-6-11(7-5-10)18-14(21)12-2-1-3-13(19-12)20-8-16-17-9-20/h1-9H,(H,18,21). The van der Waals surface area contributed by atoms with Crippen molar-refractivity contribution in [1.82, 2.24) is 19.7 Å². The number of rotatable bonds is 3. The van der Waals surface area contributed by atoms with Gasteiger partial charge in [-0.05, 0) is 36.4 Å². The van der Waals surface area contributed by atoms with E-state index in [4.69, 9.17) is 11.6 Å². The number of nitrogens with one attached hydrogen (secondary N) is 1. The second kappa shape index (κ2) is 5.72. The predicted octanol–water partition coefficient (Wildman–Crippen LogP) is 2.57. The fourth-order valence-electron chi connectivity index (χ4n) is 1.74. The van der Waals surface area contributed by atoms with Crippen LogP contribution in [-0.2, 0) is 0 Å². The summed E-state index contributed by atoms with van der Waals surface area (Å²) in [5.74, 6) is 0.274. The molecule has 3 rings (SSSR count). The van der Waals surface area contributed by atoms with Gasteiger partial charge in [0.15, 0.2) is 0 Å². The van der Waals surface area contributed by atoms with Gasteiger partial charge in [-0.25, -0.2) is 4.98 Å². The van der Waals surface area contributed by atoms with E-state index in [0.29, 0.717) is 22.2 Å². The van der Waals surface area contributed by atoms with Crippen molar-refractivity contribution in [2.24, 2.45) is 0 Å². The van der Waals surface area contributed by atoms with Gasteiger partial charge in [-0.2, -0.15) is 0 Å². The molecule has 0 aliphatic rings. The van der Waals surface area contributed by atoms with E-state index in [1.807, 2.05) is 0 Å². The summed E-state index contributed by atoms with van der Waals surface area (Å²) in [4.78, 5) is 16.4. The van der Waals surface area contributed by atoms with Crippen LogP contribution in [0.15, 0.2) is 55.1 Å². The molecule has 0 spiro atoms. The minimum Gasteiger partial charge on any atom is -0.321 e. The van der Waals surface area contributed by atoms with Crippen molar-refractivity contribution in [3.63, 3.8) is 0 Å². The lowest BCUT2D eigenvalue weighted by Gasteiger charge is -2.06. The summed E-state index contributed by atoms with van der Waals surface area (Å²) < 4.78 is 1.62. The maximum absolute atomic E-state index is 12.2. The van der Waals surface area contributed by atoms with Gasteiger partial charge in [0.1, 0.15) is 24.2 Å². The molecule has 3 aromatic rings. The first-order chi connectivity index (χ1) is 10.2. The lowest BCUT2D eigenvalue weighted by Crippen LogP contribution is -2.14. The number of nitrogens with zero attached hydrogens (tertiary/aromatic N) is 4. The van der Waals surface area contributed by atoms with Gasteiger partial charge >= 0.3 is 0 Å². The Balaban J connectivity index is 1.81. The van der Waals surface area contributed by atoms with Crippen LogP contribution >= 0.6 is 11.6 Å². The highest BCUT2D eigenvalue weighted by molar-refractivity contribution is 6.30. The fourth-order valence-corrected chi connectivity index (χ4v) is 1.87. The van der Waals surface area contributed by atoms with E-state index in [-0.39, 0.29) is 5.91 Å². The van der Waals surface area contributed by atoms with Gasteiger partial charge in [0, 0.05) is 10.7 Å². The highest BCUT2D eigenvalue weighted by Gasteiger charge is 2.09. The van der Waals surface area contributed by atoms with Crippen molar-refractivity contribution >= 4 is 23.2 Å². The molecule has 2 heterocycles. The van der Waals surface area contributed by atoms with Crippen LogP contribution in [-0.4, -0.2) is 25.7 Å². The molecular formula is C14H10ClN5O. The van der Waals surface area contributed by atoms with Crippen molar-refractivity contribution in [2.45, 2.75) is 0 Å². The first kappa shape index (κ1) is 13.3. The number of amides is 1. The second-order valence-corrected chi connectivity index (χ2v) is 4.65. The predicted molar refractivity (Wildman–Crippen MR) is 78.6 cm³/mol. The molecule has 6 nitrogen and oxygen atoms in total. The van der Waals surface area contributed by atoms with Crippen LogP contribution in [0.5, 0.6) is 0 Å². The van der Waals surface area contributed by atoms with E-state index in [1.54, 1.807) is 47.0 Å². The average Bonchev–Trinajstić information content (AvgIpc) is 3.04. The fraction of sp³-hybridized carbons (Fsp3) is 0. The van der Waals surface area contributed by atoms with Crippen LogP contribution in [0.1, 0.15) is 10.5 Å². The molecule has 1 amide bonds. The number of anilines is 1. The maximum Gasteiger partial charge on any atom is 0.274 e. The molecule has 0 saturated heterocycles. The first-order valence-corrected chi connectivity index (χ1v) is 6.49. The third kappa shape index (κ3) is 3.06. The monoisotopic (exact) mass is 299 g/mol. The molecule has 0 bridgehead atoms. The highest BCUT2D eigenvalue weighted by atomic mass is 35.5. The van der Waals surface area contributed by atoms with Gasteiger partial charge in [0.2, 0.25) is 0 Å². The van der Waals surface area contributed by atoms with Gasteiger partial charge in [0.25, 0.3) is 5.91 Å². The van der Waals surface area contributed by atoms with Crippen molar-refractivity contribution in [2.75, 3.05) is 5.32 Å². The Morgan fingerprint density at radius 1 is 1.05 bits per heavy atom. The van der Waals surface area contributed by atoms with E-state index in [0.717, 1.165) is 0 Å². The summed E-state index contributed by atoms with van der Waals surface area (Å²) in [6.45, 7) is 0. The molecule has 0 atom stereocenters. The van der Waals surface area contributed by atoms with Gasteiger partial charge < -0.3 is 5.32 Å². The van der Waals surface area contributed by atoms with Crippen LogP contribution in [0, 0.1) is 0 Å². The zero-order chi connectivity index (χ0) is 14.7. The Labute approximate surface area is 125 Å². The summed E-state index contributed by atoms with van der Waals surface area (Å²) in [7, 11) is 0. The zero-order valence-electron chi connectivity index (χ0n) is 10.8. The van der Waals surface area contributed by atoms with Gasteiger partial charge in [-0.15, -0.1) is 10.2 Å². The van der Waals surface area contributed by atoms with E-state index in [9.17, 15) is 4.79 Å². The van der Waals surface area contributed by atoms with Crippen LogP contribution in [0.2, 0.25) is 5.02 Å². The quantitative estimate of drug-likeness (QED) is 0.806. The molecule has 0 radical (unpaired) electrons. The number of hydrogen-bond donors (Lipinski definition) is 1. The van der Waals surface area contributed by atoms with Gasteiger partial charge in [-0.3, -0.25) is 9.36 Å².